The van der Waals surface area contributed by atoms with Gasteiger partial charge in [-0.3, -0.25) is 0 Å². The predicted octanol–water partition coefficient (Wildman–Crippen LogP) is 3.37. The second-order valence-electron chi connectivity index (χ2n) is 3.98. The Bertz CT molecular complexity index is 130. The predicted molar refractivity (Wildman–Crippen MR) is 61.8 cm³/mol. The molecule has 0 aromatic heterocycles. The summed E-state index contributed by atoms with van der Waals surface area (Å²) in [5.41, 5.74) is 0. The summed E-state index contributed by atoms with van der Waals surface area (Å²) in [5.74, 6) is 0.563. The second-order valence-corrected chi connectivity index (χ2v) is 4.54. The molecule has 1 unspecified atom stereocenters. The van der Waals surface area contributed by atoms with Crippen LogP contribution < -0.4 is 5.32 Å². The van der Waals surface area contributed by atoms with Gasteiger partial charge in [0.2, 0.25) is 0 Å². The third-order valence-corrected chi connectivity index (χ3v) is 3.08. The fourth-order valence-corrected chi connectivity index (χ4v) is 1.89. The minimum Gasteiger partial charge on any atom is -0.320 e. The molecule has 0 saturated carbocycles. The lowest BCUT2D eigenvalue weighted by Crippen LogP contribution is -2.20. The maximum Gasteiger partial charge on any atom is 0.114 e. The topological polar surface area (TPSA) is 12.0 Å². The van der Waals surface area contributed by atoms with Crippen LogP contribution in [0.25, 0.3) is 0 Å². The summed E-state index contributed by atoms with van der Waals surface area (Å²) in [5, 5.41) is 2.81. The van der Waals surface area contributed by atoms with Crippen molar-refractivity contribution in [3.05, 3.63) is 0 Å². The van der Waals surface area contributed by atoms with Gasteiger partial charge in [0.15, 0.2) is 0 Å². The lowest BCUT2D eigenvalue weighted by molar-refractivity contribution is 0.300. The SMILES string of the molecule is CCCC(CCNC)C[C@@H](Cl)[C@H](C)F. The third-order valence-electron chi connectivity index (χ3n) is 2.56. The van der Waals surface area contributed by atoms with E-state index in [-0.39, 0.29) is 5.38 Å². The highest BCUT2D eigenvalue weighted by atomic mass is 35.5. The summed E-state index contributed by atoms with van der Waals surface area (Å²) in [4.78, 5) is 0. The highest BCUT2D eigenvalue weighted by Gasteiger charge is 2.18. The largest absolute Gasteiger partial charge is 0.320 e. The Labute approximate surface area is 92.4 Å². The van der Waals surface area contributed by atoms with Gasteiger partial charge >= 0.3 is 0 Å². The van der Waals surface area contributed by atoms with E-state index in [1.807, 2.05) is 7.05 Å². The molecule has 0 fully saturated rings. The normalized spacial score (nSPS) is 17.8. The minimum absolute atomic E-state index is 0.316. The smallest absolute Gasteiger partial charge is 0.114 e. The first-order valence-corrected chi connectivity index (χ1v) is 5.98. The van der Waals surface area contributed by atoms with E-state index >= 15 is 0 Å². The third kappa shape index (κ3) is 6.61. The van der Waals surface area contributed by atoms with Crippen LogP contribution in [0.4, 0.5) is 4.39 Å². The van der Waals surface area contributed by atoms with Crippen molar-refractivity contribution in [2.75, 3.05) is 13.6 Å². The Kier molecular flexibility index (Phi) is 8.59. The number of alkyl halides is 2. The molecule has 0 bridgehead atoms. The summed E-state index contributed by atoms with van der Waals surface area (Å²) in [6.07, 6.45) is 3.30. The van der Waals surface area contributed by atoms with Crippen LogP contribution in [0.2, 0.25) is 0 Å². The Hall–Kier alpha value is 0.180. The van der Waals surface area contributed by atoms with Crippen molar-refractivity contribution in [2.24, 2.45) is 5.92 Å². The van der Waals surface area contributed by atoms with Crippen LogP contribution in [0.1, 0.15) is 39.5 Å². The Balaban J connectivity index is 3.81. The molecule has 0 rings (SSSR count). The van der Waals surface area contributed by atoms with E-state index in [1.54, 1.807) is 6.92 Å². The zero-order chi connectivity index (χ0) is 11.0. The molecule has 0 heterocycles. The van der Waals surface area contributed by atoms with Crippen molar-refractivity contribution >= 4 is 11.6 Å². The highest BCUT2D eigenvalue weighted by molar-refractivity contribution is 6.21. The Morgan fingerprint density at radius 2 is 2.00 bits per heavy atom. The number of nitrogens with one attached hydrogen (secondary N) is 1. The molecule has 0 spiro atoms. The molecule has 3 heteroatoms. The van der Waals surface area contributed by atoms with Crippen molar-refractivity contribution in [3.8, 4) is 0 Å². The number of hydrogen-bond acceptors (Lipinski definition) is 1. The van der Waals surface area contributed by atoms with Crippen LogP contribution in [0.5, 0.6) is 0 Å². The fraction of sp³-hybridized carbons (Fsp3) is 1.00. The second kappa shape index (κ2) is 8.49. The number of hydrogen-bond donors (Lipinski definition) is 1. The van der Waals surface area contributed by atoms with Gasteiger partial charge in [-0.1, -0.05) is 19.8 Å². The molecule has 0 aliphatic rings. The van der Waals surface area contributed by atoms with Gasteiger partial charge in [-0.15, -0.1) is 11.6 Å². The quantitative estimate of drug-likeness (QED) is 0.623. The monoisotopic (exact) mass is 223 g/mol. The van der Waals surface area contributed by atoms with Gasteiger partial charge in [0, 0.05) is 0 Å². The molecule has 86 valence electrons. The molecular formula is C11H23ClFN. The van der Waals surface area contributed by atoms with Gasteiger partial charge in [-0.2, -0.15) is 0 Å². The zero-order valence-corrected chi connectivity index (χ0v) is 10.3. The summed E-state index contributed by atoms with van der Waals surface area (Å²) >= 11 is 5.93. The maximum atomic E-state index is 12.9. The van der Waals surface area contributed by atoms with E-state index in [0.29, 0.717) is 5.92 Å². The molecule has 14 heavy (non-hydrogen) atoms. The van der Waals surface area contributed by atoms with Gasteiger partial charge in [-0.25, -0.2) is 4.39 Å². The lowest BCUT2D eigenvalue weighted by atomic mass is 9.93. The summed E-state index contributed by atoms with van der Waals surface area (Å²) in [7, 11) is 1.94. The van der Waals surface area contributed by atoms with Crippen LogP contribution >= 0.6 is 11.6 Å². The van der Waals surface area contributed by atoms with Gasteiger partial charge < -0.3 is 5.32 Å². The summed E-state index contributed by atoms with van der Waals surface area (Å²) in [6.45, 7) is 4.70. The molecule has 0 radical (unpaired) electrons. The van der Waals surface area contributed by atoms with Gasteiger partial charge in [0.25, 0.3) is 0 Å². The van der Waals surface area contributed by atoms with Crippen molar-refractivity contribution < 1.29 is 4.39 Å². The molecule has 0 aromatic carbocycles. The maximum absolute atomic E-state index is 12.9. The van der Waals surface area contributed by atoms with E-state index in [1.165, 1.54) is 0 Å². The van der Waals surface area contributed by atoms with Crippen LogP contribution in [-0.2, 0) is 0 Å². The molecular weight excluding hydrogens is 201 g/mol. The summed E-state index contributed by atoms with van der Waals surface area (Å²) < 4.78 is 12.9. The molecule has 0 aliphatic heterocycles. The first-order valence-electron chi connectivity index (χ1n) is 5.54. The van der Waals surface area contributed by atoms with Crippen molar-refractivity contribution in [3.63, 3.8) is 0 Å². The standard InChI is InChI=1S/C11H23ClFN/c1-4-5-10(6-7-14-3)8-11(12)9(2)13/h9-11,14H,4-8H2,1-3H3/t9-,10?,11+/m0/s1. The van der Waals surface area contributed by atoms with E-state index in [0.717, 1.165) is 32.2 Å². The molecule has 1 nitrogen and oxygen atoms in total. The van der Waals surface area contributed by atoms with E-state index in [9.17, 15) is 4.39 Å². The van der Waals surface area contributed by atoms with Crippen molar-refractivity contribution in [2.45, 2.75) is 51.1 Å². The molecule has 0 aromatic rings. The van der Waals surface area contributed by atoms with Crippen LogP contribution in [0, 0.1) is 5.92 Å². The molecule has 0 amide bonds. The number of halogens is 2. The van der Waals surface area contributed by atoms with Gasteiger partial charge in [0.05, 0.1) is 5.38 Å². The molecule has 1 N–H and O–H groups in total. The molecule has 0 aliphatic carbocycles. The van der Waals surface area contributed by atoms with E-state index in [2.05, 4.69) is 12.2 Å². The van der Waals surface area contributed by atoms with Crippen molar-refractivity contribution in [1.29, 1.82) is 0 Å². The lowest BCUT2D eigenvalue weighted by Gasteiger charge is -2.19. The number of rotatable bonds is 8. The zero-order valence-electron chi connectivity index (χ0n) is 9.52. The van der Waals surface area contributed by atoms with E-state index in [4.69, 9.17) is 11.6 Å². The van der Waals surface area contributed by atoms with Crippen molar-refractivity contribution in [1.82, 2.24) is 5.32 Å². The first kappa shape index (κ1) is 14.2. The fourth-order valence-electron chi connectivity index (χ4n) is 1.64. The Morgan fingerprint density at radius 1 is 1.36 bits per heavy atom. The average Bonchev–Trinajstić information content (AvgIpc) is 2.14. The van der Waals surface area contributed by atoms with Gasteiger partial charge in [0.1, 0.15) is 6.17 Å². The van der Waals surface area contributed by atoms with Gasteiger partial charge in [-0.05, 0) is 39.3 Å². The molecule has 3 atom stereocenters. The highest BCUT2D eigenvalue weighted by Crippen LogP contribution is 2.23. The van der Waals surface area contributed by atoms with Crippen LogP contribution in [-0.4, -0.2) is 25.1 Å². The van der Waals surface area contributed by atoms with Crippen LogP contribution in [0.15, 0.2) is 0 Å². The summed E-state index contributed by atoms with van der Waals surface area (Å²) in [6, 6.07) is 0. The molecule has 0 saturated heterocycles. The first-order chi connectivity index (χ1) is 6.61. The Morgan fingerprint density at radius 3 is 2.43 bits per heavy atom. The van der Waals surface area contributed by atoms with E-state index < -0.39 is 6.17 Å². The average molecular weight is 224 g/mol. The minimum atomic E-state index is -0.898. The van der Waals surface area contributed by atoms with Crippen LogP contribution in [0.3, 0.4) is 0 Å².